The highest BCUT2D eigenvalue weighted by Crippen LogP contribution is 2.31. The molecule has 25 heavy (non-hydrogen) atoms. The Morgan fingerprint density at radius 2 is 1.92 bits per heavy atom. The Balaban J connectivity index is 1.95. The highest BCUT2D eigenvalue weighted by molar-refractivity contribution is 6.09. The number of Topliss-reactive ketones (excluding diaryl/α,β-unsaturated/α-hetero) is 1. The average Bonchev–Trinajstić information content (AvgIpc) is 2.78. The number of amides is 3. The molecule has 2 aliphatic heterocycles. The molecule has 0 aromatic rings. The van der Waals surface area contributed by atoms with Crippen LogP contribution in [-0.2, 0) is 9.59 Å². The van der Waals surface area contributed by atoms with E-state index in [-0.39, 0.29) is 30.3 Å². The number of urea groups is 1. The standard InChI is InChI=1S/C19H33N3O3/c1-4-5-6-7-9-12-19(2)17(24)22(18(25)21(19)3)14-16(23)15-11-8-10-13-20-15/h15,20H,4-14H2,1-3H3. The molecule has 6 nitrogen and oxygen atoms in total. The summed E-state index contributed by atoms with van der Waals surface area (Å²) in [6.07, 6.45) is 9.08. The molecular formula is C19H33N3O3. The Morgan fingerprint density at radius 3 is 2.56 bits per heavy atom. The number of nitrogens with one attached hydrogen (secondary N) is 1. The highest BCUT2D eigenvalue weighted by Gasteiger charge is 2.52. The van der Waals surface area contributed by atoms with Crippen LogP contribution in [0.2, 0.25) is 0 Å². The normalized spacial score (nSPS) is 27.2. The van der Waals surface area contributed by atoms with Crippen LogP contribution in [0, 0.1) is 0 Å². The van der Waals surface area contributed by atoms with E-state index in [1.807, 2.05) is 6.92 Å². The van der Waals surface area contributed by atoms with Crippen molar-refractivity contribution in [3.8, 4) is 0 Å². The molecule has 2 rings (SSSR count). The fourth-order valence-corrected chi connectivity index (χ4v) is 3.79. The zero-order valence-electron chi connectivity index (χ0n) is 16.0. The van der Waals surface area contributed by atoms with Crippen molar-refractivity contribution in [2.75, 3.05) is 20.1 Å². The van der Waals surface area contributed by atoms with Gasteiger partial charge in [0.1, 0.15) is 5.54 Å². The molecule has 2 atom stereocenters. The van der Waals surface area contributed by atoms with Gasteiger partial charge in [0.2, 0.25) is 0 Å². The zero-order valence-corrected chi connectivity index (χ0v) is 16.0. The Hall–Kier alpha value is -1.43. The second-order valence-corrected chi connectivity index (χ2v) is 7.64. The van der Waals surface area contributed by atoms with Crippen LogP contribution in [0.15, 0.2) is 0 Å². The van der Waals surface area contributed by atoms with Crippen molar-refractivity contribution in [2.45, 2.75) is 83.2 Å². The number of carbonyl (C=O) groups is 3. The van der Waals surface area contributed by atoms with Crippen LogP contribution < -0.4 is 5.32 Å². The van der Waals surface area contributed by atoms with Gasteiger partial charge in [-0.1, -0.05) is 45.4 Å². The maximum Gasteiger partial charge on any atom is 0.327 e. The molecule has 0 bridgehead atoms. The fourth-order valence-electron chi connectivity index (χ4n) is 3.79. The van der Waals surface area contributed by atoms with Gasteiger partial charge in [0.25, 0.3) is 5.91 Å². The maximum atomic E-state index is 12.9. The molecule has 0 spiro atoms. The minimum Gasteiger partial charge on any atom is -0.313 e. The maximum absolute atomic E-state index is 12.9. The van der Waals surface area contributed by atoms with Gasteiger partial charge in [-0.05, 0) is 32.7 Å². The first-order valence-corrected chi connectivity index (χ1v) is 9.77. The van der Waals surface area contributed by atoms with E-state index in [9.17, 15) is 14.4 Å². The third-order valence-corrected chi connectivity index (χ3v) is 5.74. The highest BCUT2D eigenvalue weighted by atomic mass is 16.2. The minimum atomic E-state index is -0.816. The molecule has 3 amide bonds. The summed E-state index contributed by atoms with van der Waals surface area (Å²) in [6, 6.07) is -0.564. The summed E-state index contributed by atoms with van der Waals surface area (Å²) in [5.41, 5.74) is -0.816. The molecule has 2 unspecified atom stereocenters. The number of hydrogen-bond donors (Lipinski definition) is 1. The third kappa shape index (κ3) is 4.40. The second kappa shape index (κ2) is 8.79. The van der Waals surface area contributed by atoms with E-state index >= 15 is 0 Å². The molecule has 2 aliphatic rings. The zero-order chi connectivity index (χ0) is 18.4. The molecule has 0 aliphatic carbocycles. The quantitative estimate of drug-likeness (QED) is 0.512. The SMILES string of the molecule is CCCCCCCC1(C)C(=O)N(CC(=O)C2CCCCN2)C(=O)N1C. The van der Waals surface area contributed by atoms with Crippen LogP contribution in [0.25, 0.3) is 0 Å². The van der Waals surface area contributed by atoms with E-state index in [4.69, 9.17) is 0 Å². The molecule has 2 fully saturated rings. The minimum absolute atomic E-state index is 0.0537. The van der Waals surface area contributed by atoms with E-state index in [1.54, 1.807) is 7.05 Å². The number of hydrogen-bond acceptors (Lipinski definition) is 4. The monoisotopic (exact) mass is 351 g/mol. The lowest BCUT2D eigenvalue weighted by atomic mass is 9.92. The van der Waals surface area contributed by atoms with Crippen molar-refractivity contribution in [2.24, 2.45) is 0 Å². The van der Waals surface area contributed by atoms with Gasteiger partial charge < -0.3 is 10.2 Å². The molecule has 6 heteroatoms. The lowest BCUT2D eigenvalue weighted by molar-refractivity contribution is -0.136. The topological polar surface area (TPSA) is 69.7 Å². The molecule has 0 aromatic heterocycles. The van der Waals surface area contributed by atoms with E-state index in [2.05, 4.69) is 12.2 Å². The van der Waals surface area contributed by atoms with Crippen molar-refractivity contribution in [1.29, 1.82) is 0 Å². The predicted octanol–water partition coefficient (Wildman–Crippen LogP) is 2.71. The molecule has 1 N–H and O–H groups in total. The Kier molecular flexibility index (Phi) is 6.99. The largest absolute Gasteiger partial charge is 0.327 e. The molecule has 2 saturated heterocycles. The first-order chi connectivity index (χ1) is 11.9. The number of ketones is 1. The van der Waals surface area contributed by atoms with Gasteiger partial charge in [0.05, 0.1) is 12.6 Å². The van der Waals surface area contributed by atoms with Gasteiger partial charge in [0, 0.05) is 7.05 Å². The molecular weight excluding hydrogens is 318 g/mol. The van der Waals surface area contributed by atoms with E-state index in [1.165, 1.54) is 17.7 Å². The Morgan fingerprint density at radius 1 is 1.20 bits per heavy atom. The number of unbranched alkanes of at least 4 members (excludes halogenated alkanes) is 4. The van der Waals surface area contributed by atoms with Crippen LogP contribution in [0.5, 0.6) is 0 Å². The number of rotatable bonds is 9. The van der Waals surface area contributed by atoms with Gasteiger partial charge in [0.15, 0.2) is 5.78 Å². The second-order valence-electron chi connectivity index (χ2n) is 7.64. The van der Waals surface area contributed by atoms with Crippen molar-refractivity contribution < 1.29 is 14.4 Å². The summed E-state index contributed by atoms with van der Waals surface area (Å²) < 4.78 is 0. The van der Waals surface area contributed by atoms with Gasteiger partial charge in [-0.15, -0.1) is 0 Å². The third-order valence-electron chi connectivity index (χ3n) is 5.74. The lowest BCUT2D eigenvalue weighted by Crippen LogP contribution is -2.48. The van der Waals surface area contributed by atoms with E-state index in [0.29, 0.717) is 6.42 Å². The summed E-state index contributed by atoms with van der Waals surface area (Å²) in [6.45, 7) is 4.72. The van der Waals surface area contributed by atoms with Crippen LogP contribution in [-0.4, -0.2) is 59.2 Å². The summed E-state index contributed by atoms with van der Waals surface area (Å²) in [5, 5.41) is 3.20. The first kappa shape index (κ1) is 19.9. The first-order valence-electron chi connectivity index (χ1n) is 9.77. The molecule has 0 radical (unpaired) electrons. The van der Waals surface area contributed by atoms with Crippen LogP contribution in [0.1, 0.15) is 71.6 Å². The van der Waals surface area contributed by atoms with Gasteiger partial charge in [-0.3, -0.25) is 14.5 Å². The molecule has 0 saturated carbocycles. The number of piperidine rings is 1. The fraction of sp³-hybridized carbons (Fsp3) is 0.842. The summed E-state index contributed by atoms with van der Waals surface area (Å²) in [4.78, 5) is 40.6. The number of nitrogens with zero attached hydrogens (tertiary/aromatic N) is 2. The molecule has 142 valence electrons. The van der Waals surface area contributed by atoms with E-state index in [0.717, 1.165) is 50.0 Å². The number of imide groups is 1. The average molecular weight is 351 g/mol. The summed E-state index contributed by atoms with van der Waals surface area (Å²) >= 11 is 0. The van der Waals surface area contributed by atoms with Gasteiger partial charge in [-0.2, -0.15) is 0 Å². The van der Waals surface area contributed by atoms with Crippen LogP contribution in [0.4, 0.5) is 4.79 Å². The van der Waals surface area contributed by atoms with Crippen LogP contribution in [0.3, 0.4) is 0 Å². The van der Waals surface area contributed by atoms with Crippen LogP contribution >= 0.6 is 0 Å². The van der Waals surface area contributed by atoms with Crippen molar-refractivity contribution in [3.05, 3.63) is 0 Å². The van der Waals surface area contributed by atoms with Crippen molar-refractivity contribution in [1.82, 2.24) is 15.1 Å². The summed E-state index contributed by atoms with van der Waals surface area (Å²) in [5.74, 6) is -0.276. The van der Waals surface area contributed by atoms with Crippen molar-refractivity contribution >= 4 is 17.7 Å². The number of likely N-dealkylation sites (N-methyl/N-ethyl adjacent to an activating group) is 1. The van der Waals surface area contributed by atoms with Gasteiger partial charge in [-0.25, -0.2) is 4.79 Å². The molecule has 0 aromatic carbocycles. The Bertz CT molecular complexity index is 502. The Labute approximate surface area is 151 Å². The number of carbonyl (C=O) groups excluding carboxylic acids is 3. The summed E-state index contributed by atoms with van der Waals surface area (Å²) in [7, 11) is 1.68. The lowest BCUT2D eigenvalue weighted by Gasteiger charge is -2.28. The molecule has 2 heterocycles. The smallest absolute Gasteiger partial charge is 0.313 e. The van der Waals surface area contributed by atoms with Crippen molar-refractivity contribution in [3.63, 3.8) is 0 Å². The predicted molar refractivity (Wildman–Crippen MR) is 97.3 cm³/mol. The van der Waals surface area contributed by atoms with Gasteiger partial charge >= 0.3 is 6.03 Å². The van der Waals surface area contributed by atoms with E-state index < -0.39 is 5.54 Å².